The van der Waals surface area contributed by atoms with Crippen molar-refractivity contribution in [2.24, 2.45) is 0 Å². The van der Waals surface area contributed by atoms with Gasteiger partial charge in [-0.15, -0.1) is 5.10 Å². The summed E-state index contributed by atoms with van der Waals surface area (Å²) >= 11 is 7.18. The lowest BCUT2D eigenvalue weighted by atomic mass is 10.1. The van der Waals surface area contributed by atoms with Crippen LogP contribution in [0.25, 0.3) is 12.2 Å². The first-order valence-electron chi connectivity index (χ1n) is 7.74. The van der Waals surface area contributed by atoms with Crippen molar-refractivity contribution in [2.75, 3.05) is 0 Å². The van der Waals surface area contributed by atoms with E-state index in [1.165, 1.54) is 11.8 Å². The number of rotatable bonds is 6. The molecule has 4 nitrogen and oxygen atoms in total. The van der Waals surface area contributed by atoms with Crippen molar-refractivity contribution in [3.05, 3.63) is 76.6 Å². The Morgan fingerprint density at radius 3 is 2.56 bits per heavy atom. The maximum Gasteiger partial charge on any atom is 0.209 e. The summed E-state index contributed by atoms with van der Waals surface area (Å²) < 4.78 is 0. The van der Waals surface area contributed by atoms with Gasteiger partial charge < -0.3 is 0 Å². The van der Waals surface area contributed by atoms with Gasteiger partial charge in [0.25, 0.3) is 0 Å². The zero-order valence-corrected chi connectivity index (χ0v) is 15.1. The topological polar surface area (TPSA) is 58.6 Å². The molecule has 1 N–H and O–H groups in total. The summed E-state index contributed by atoms with van der Waals surface area (Å²) in [7, 11) is 0. The first-order chi connectivity index (χ1) is 12.1. The van der Waals surface area contributed by atoms with E-state index in [4.69, 9.17) is 11.6 Å². The highest BCUT2D eigenvalue weighted by Gasteiger charge is 2.18. The van der Waals surface area contributed by atoms with Gasteiger partial charge in [-0.25, -0.2) is 4.98 Å². The quantitative estimate of drug-likeness (QED) is 0.491. The highest BCUT2D eigenvalue weighted by atomic mass is 35.5. The van der Waals surface area contributed by atoms with E-state index in [-0.39, 0.29) is 11.0 Å². The molecule has 1 unspecified atom stereocenters. The molecule has 0 bridgehead atoms. The van der Waals surface area contributed by atoms with Crippen molar-refractivity contribution in [3.63, 3.8) is 0 Å². The van der Waals surface area contributed by atoms with Crippen molar-refractivity contribution in [1.29, 1.82) is 0 Å². The van der Waals surface area contributed by atoms with Gasteiger partial charge in [0.15, 0.2) is 5.78 Å². The van der Waals surface area contributed by atoms with Gasteiger partial charge in [-0.1, -0.05) is 59.8 Å². The van der Waals surface area contributed by atoms with Crippen LogP contribution < -0.4 is 0 Å². The number of benzene rings is 2. The Morgan fingerprint density at radius 1 is 1.12 bits per heavy atom. The Balaban J connectivity index is 1.63. The summed E-state index contributed by atoms with van der Waals surface area (Å²) in [6.45, 7) is 1.84. The van der Waals surface area contributed by atoms with E-state index in [2.05, 4.69) is 15.2 Å². The number of thioether (sulfide) groups is 1. The molecule has 0 amide bonds. The van der Waals surface area contributed by atoms with Gasteiger partial charge in [0.2, 0.25) is 5.16 Å². The summed E-state index contributed by atoms with van der Waals surface area (Å²) in [6, 6.07) is 16.8. The third-order valence-corrected chi connectivity index (χ3v) is 4.71. The monoisotopic (exact) mass is 369 g/mol. The highest BCUT2D eigenvalue weighted by molar-refractivity contribution is 8.00. The number of Topliss-reactive ketones (excluding diaryl/α,β-unsaturated/α-hetero) is 1. The Labute approximate surface area is 155 Å². The Kier molecular flexibility index (Phi) is 5.68. The van der Waals surface area contributed by atoms with E-state index in [0.717, 1.165) is 5.56 Å². The number of H-pyrrole nitrogens is 1. The van der Waals surface area contributed by atoms with Crippen LogP contribution in [0.2, 0.25) is 5.02 Å². The summed E-state index contributed by atoms with van der Waals surface area (Å²) in [6.07, 6.45) is 3.81. The highest BCUT2D eigenvalue weighted by Crippen LogP contribution is 2.23. The fourth-order valence-corrected chi connectivity index (χ4v) is 3.12. The number of nitrogens with zero attached hydrogens (tertiary/aromatic N) is 2. The zero-order chi connectivity index (χ0) is 17.6. The van der Waals surface area contributed by atoms with Crippen molar-refractivity contribution in [3.8, 4) is 0 Å². The van der Waals surface area contributed by atoms with E-state index in [1.54, 1.807) is 24.3 Å². The average Bonchev–Trinajstić information content (AvgIpc) is 3.08. The molecule has 126 valence electrons. The SMILES string of the molecule is CC(Sc1n[nH]c(/C=C/c2ccccc2)n1)C(=O)c1ccc(Cl)cc1. The largest absolute Gasteiger partial charge is 0.293 e. The van der Waals surface area contributed by atoms with Crippen LogP contribution >= 0.6 is 23.4 Å². The third-order valence-electron chi connectivity index (χ3n) is 3.50. The average molecular weight is 370 g/mol. The molecule has 0 fully saturated rings. The third kappa shape index (κ3) is 4.81. The fraction of sp³-hybridized carbons (Fsp3) is 0.105. The van der Waals surface area contributed by atoms with Gasteiger partial charge in [-0.05, 0) is 42.8 Å². The molecular weight excluding hydrogens is 354 g/mol. The van der Waals surface area contributed by atoms with Crippen LogP contribution in [0.3, 0.4) is 0 Å². The molecule has 3 rings (SSSR count). The summed E-state index contributed by atoms with van der Waals surface area (Å²) in [4.78, 5) is 16.8. The Hall–Kier alpha value is -2.37. The summed E-state index contributed by atoms with van der Waals surface area (Å²) in [5.74, 6) is 0.672. The lowest BCUT2D eigenvalue weighted by Crippen LogP contribution is -2.13. The molecule has 1 aromatic heterocycles. The predicted octanol–water partition coefficient (Wildman–Crippen LogP) is 4.99. The van der Waals surface area contributed by atoms with E-state index in [9.17, 15) is 4.79 Å². The van der Waals surface area contributed by atoms with E-state index < -0.39 is 0 Å². The molecule has 0 radical (unpaired) electrons. The number of carbonyl (C=O) groups is 1. The molecule has 0 aliphatic carbocycles. The molecule has 0 spiro atoms. The second kappa shape index (κ2) is 8.14. The smallest absolute Gasteiger partial charge is 0.209 e. The van der Waals surface area contributed by atoms with Crippen LogP contribution in [0.4, 0.5) is 0 Å². The molecule has 1 atom stereocenters. The molecule has 25 heavy (non-hydrogen) atoms. The molecule has 0 aliphatic heterocycles. The van der Waals surface area contributed by atoms with Crippen molar-refractivity contribution in [1.82, 2.24) is 15.2 Å². The molecule has 0 saturated carbocycles. The summed E-state index contributed by atoms with van der Waals surface area (Å²) in [5, 5.41) is 7.90. The first kappa shape index (κ1) is 17.5. The number of aromatic amines is 1. The van der Waals surface area contributed by atoms with Crippen LogP contribution in [0.5, 0.6) is 0 Å². The second-order valence-electron chi connectivity index (χ2n) is 5.38. The Bertz CT molecular complexity index is 875. The van der Waals surface area contributed by atoms with Gasteiger partial charge in [0, 0.05) is 10.6 Å². The molecule has 0 saturated heterocycles. The molecule has 2 aromatic carbocycles. The zero-order valence-electron chi connectivity index (χ0n) is 13.5. The van der Waals surface area contributed by atoms with Gasteiger partial charge in [-0.2, -0.15) is 0 Å². The van der Waals surface area contributed by atoms with Crippen molar-refractivity contribution >= 4 is 41.3 Å². The first-order valence-corrected chi connectivity index (χ1v) is 8.99. The molecule has 0 aliphatic rings. The van der Waals surface area contributed by atoms with Crippen LogP contribution in [-0.4, -0.2) is 26.2 Å². The van der Waals surface area contributed by atoms with Crippen LogP contribution in [0.1, 0.15) is 28.7 Å². The minimum absolute atomic E-state index is 0.0212. The van der Waals surface area contributed by atoms with E-state index in [0.29, 0.717) is 21.6 Å². The summed E-state index contributed by atoms with van der Waals surface area (Å²) in [5.41, 5.74) is 1.71. The lowest BCUT2D eigenvalue weighted by Gasteiger charge is -2.07. The number of ketones is 1. The second-order valence-corrected chi connectivity index (χ2v) is 7.12. The minimum atomic E-state index is -0.289. The Morgan fingerprint density at radius 2 is 1.84 bits per heavy atom. The van der Waals surface area contributed by atoms with Crippen LogP contribution in [0, 0.1) is 0 Å². The van der Waals surface area contributed by atoms with Crippen LogP contribution in [-0.2, 0) is 0 Å². The van der Waals surface area contributed by atoms with Crippen molar-refractivity contribution < 1.29 is 4.79 Å². The number of halogens is 1. The van der Waals surface area contributed by atoms with Gasteiger partial charge in [-0.3, -0.25) is 9.89 Å². The number of aromatic nitrogens is 3. The molecule has 1 heterocycles. The number of hydrogen-bond donors (Lipinski definition) is 1. The minimum Gasteiger partial charge on any atom is -0.293 e. The van der Waals surface area contributed by atoms with Crippen LogP contribution in [0.15, 0.2) is 59.8 Å². The predicted molar refractivity (Wildman–Crippen MR) is 103 cm³/mol. The molecule has 3 aromatic rings. The maximum atomic E-state index is 12.4. The number of nitrogens with one attached hydrogen (secondary N) is 1. The molecule has 6 heteroatoms. The maximum absolute atomic E-state index is 12.4. The fourth-order valence-electron chi connectivity index (χ4n) is 2.19. The normalized spacial score (nSPS) is 12.4. The molecular formula is C19H16ClN3OS. The van der Waals surface area contributed by atoms with Gasteiger partial charge >= 0.3 is 0 Å². The number of hydrogen-bond acceptors (Lipinski definition) is 4. The van der Waals surface area contributed by atoms with E-state index >= 15 is 0 Å². The van der Waals surface area contributed by atoms with Gasteiger partial charge in [0.1, 0.15) is 5.82 Å². The standard InChI is InChI=1S/C19H16ClN3OS/c1-13(18(24)15-8-10-16(20)11-9-15)25-19-21-17(22-23-19)12-7-14-5-3-2-4-6-14/h2-13H,1H3,(H,21,22,23)/b12-7+. The number of carbonyl (C=O) groups excluding carboxylic acids is 1. The lowest BCUT2D eigenvalue weighted by molar-refractivity contribution is 0.0994. The van der Waals surface area contributed by atoms with Crippen molar-refractivity contribution in [2.45, 2.75) is 17.3 Å². The van der Waals surface area contributed by atoms with E-state index in [1.807, 2.05) is 49.4 Å². The van der Waals surface area contributed by atoms with Gasteiger partial charge in [0.05, 0.1) is 5.25 Å².